The molecule has 0 radical (unpaired) electrons. The summed E-state index contributed by atoms with van der Waals surface area (Å²) in [5, 5.41) is 2.91. The highest BCUT2D eigenvalue weighted by Gasteiger charge is 2.36. The molecule has 138 valence electrons. The van der Waals surface area contributed by atoms with Crippen molar-refractivity contribution in [3.63, 3.8) is 0 Å². The van der Waals surface area contributed by atoms with Crippen LogP contribution in [0.3, 0.4) is 0 Å². The van der Waals surface area contributed by atoms with Gasteiger partial charge in [-0.1, -0.05) is 65.8 Å². The smallest absolute Gasteiger partial charge is 0.223 e. The van der Waals surface area contributed by atoms with Crippen molar-refractivity contribution in [1.29, 1.82) is 0 Å². The van der Waals surface area contributed by atoms with Crippen LogP contribution < -0.4 is 10.4 Å². The van der Waals surface area contributed by atoms with Crippen molar-refractivity contribution in [1.82, 2.24) is 0 Å². The molecule has 4 heteroatoms. The van der Waals surface area contributed by atoms with Crippen LogP contribution in [0.5, 0.6) is 0 Å². The highest BCUT2D eigenvalue weighted by atomic mass is 28.4. The van der Waals surface area contributed by atoms with Gasteiger partial charge in [-0.3, -0.25) is 0 Å². The number of hydrogen-bond acceptors (Lipinski definition) is 2. The molecule has 0 aromatic heterocycles. The number of benzene rings is 1. The van der Waals surface area contributed by atoms with Crippen LogP contribution in [0.15, 0.2) is 24.3 Å². The summed E-state index contributed by atoms with van der Waals surface area (Å²) in [6, 6.07) is 14.0. The largest absolute Gasteiger partial charge is 0.412 e. The Labute approximate surface area is 152 Å². The fraction of sp³-hybridized carbons (Fsp3) is 0.700. The molecule has 0 atom stereocenters. The number of rotatable bonds is 12. The summed E-state index contributed by atoms with van der Waals surface area (Å²) in [5.74, 6) is 0. The predicted octanol–water partition coefficient (Wildman–Crippen LogP) is 4.92. The molecule has 0 aliphatic heterocycles. The molecule has 1 aromatic rings. The van der Waals surface area contributed by atoms with Crippen molar-refractivity contribution < 1.29 is 8.85 Å². The maximum atomic E-state index is 6.43. The minimum absolute atomic E-state index is 0.887. The van der Waals surface area contributed by atoms with Crippen molar-refractivity contribution >= 4 is 27.0 Å². The molecule has 0 spiro atoms. The lowest BCUT2D eigenvalue weighted by Crippen LogP contribution is -2.53. The third kappa shape index (κ3) is 4.81. The molecule has 1 aromatic carbocycles. The van der Waals surface area contributed by atoms with Gasteiger partial charge >= 0.3 is 0 Å². The van der Waals surface area contributed by atoms with E-state index in [1.165, 1.54) is 10.4 Å². The van der Waals surface area contributed by atoms with E-state index in [0.29, 0.717) is 0 Å². The molecule has 0 aliphatic carbocycles. The highest BCUT2D eigenvalue weighted by Crippen LogP contribution is 2.20. The Morgan fingerprint density at radius 2 is 0.875 bits per heavy atom. The average molecular weight is 367 g/mol. The second kappa shape index (κ2) is 10.5. The van der Waals surface area contributed by atoms with Gasteiger partial charge in [-0.05, 0) is 47.4 Å². The molecule has 0 saturated carbocycles. The van der Waals surface area contributed by atoms with Gasteiger partial charge in [0.15, 0.2) is 0 Å². The second-order valence-electron chi connectivity index (χ2n) is 6.68. The van der Waals surface area contributed by atoms with Crippen LogP contribution in [0.25, 0.3) is 0 Å². The van der Waals surface area contributed by atoms with Gasteiger partial charge in [0.25, 0.3) is 0 Å². The molecule has 24 heavy (non-hydrogen) atoms. The van der Waals surface area contributed by atoms with Gasteiger partial charge in [-0.15, -0.1) is 0 Å². The zero-order chi connectivity index (χ0) is 18.1. The normalized spacial score (nSPS) is 12.6. The van der Waals surface area contributed by atoms with Crippen LogP contribution in [0, 0.1) is 0 Å². The van der Waals surface area contributed by atoms with Crippen molar-refractivity contribution in [3.8, 4) is 0 Å². The van der Waals surface area contributed by atoms with E-state index < -0.39 is 16.6 Å². The quantitative estimate of drug-likeness (QED) is 0.489. The van der Waals surface area contributed by atoms with Gasteiger partial charge in [-0.2, -0.15) is 0 Å². The third-order valence-corrected chi connectivity index (χ3v) is 14.2. The topological polar surface area (TPSA) is 18.5 Å². The second-order valence-corrected chi connectivity index (χ2v) is 15.2. The van der Waals surface area contributed by atoms with E-state index in [-0.39, 0.29) is 0 Å². The Morgan fingerprint density at radius 1 is 0.583 bits per heavy atom. The summed E-state index contributed by atoms with van der Waals surface area (Å²) in [6.07, 6.45) is 2.19. The Kier molecular flexibility index (Phi) is 9.49. The lowest BCUT2D eigenvalue weighted by Gasteiger charge is -2.32. The van der Waals surface area contributed by atoms with E-state index in [9.17, 15) is 0 Å². The Morgan fingerprint density at radius 3 is 1.08 bits per heavy atom. The van der Waals surface area contributed by atoms with Crippen molar-refractivity contribution in [2.75, 3.05) is 13.2 Å². The number of hydrogen-bond donors (Lipinski definition) is 0. The average Bonchev–Trinajstić information content (AvgIpc) is 2.65. The monoisotopic (exact) mass is 366 g/mol. The van der Waals surface area contributed by atoms with Crippen molar-refractivity contribution in [2.24, 2.45) is 0 Å². The van der Waals surface area contributed by atoms with Crippen LogP contribution in [-0.4, -0.2) is 29.8 Å². The first-order valence-corrected chi connectivity index (χ1v) is 14.6. The summed E-state index contributed by atoms with van der Waals surface area (Å²) in [4.78, 5) is 0. The van der Waals surface area contributed by atoms with Gasteiger partial charge in [-0.25, -0.2) is 0 Å². The molecule has 0 amide bonds. The minimum Gasteiger partial charge on any atom is -0.412 e. The molecule has 0 N–H and O–H groups in total. The third-order valence-electron chi connectivity index (χ3n) is 5.39. The molecule has 0 unspecified atom stereocenters. The molecule has 2 nitrogen and oxygen atoms in total. The zero-order valence-corrected chi connectivity index (χ0v) is 18.8. The van der Waals surface area contributed by atoms with E-state index >= 15 is 0 Å². The van der Waals surface area contributed by atoms with E-state index in [4.69, 9.17) is 8.85 Å². The van der Waals surface area contributed by atoms with E-state index in [1.54, 1.807) is 0 Å². The molecule has 0 saturated heterocycles. The summed E-state index contributed by atoms with van der Waals surface area (Å²) in [5.41, 5.74) is 0. The van der Waals surface area contributed by atoms with E-state index in [2.05, 4.69) is 65.8 Å². The first-order valence-electron chi connectivity index (χ1n) is 9.96. The fourth-order valence-corrected chi connectivity index (χ4v) is 10.1. The predicted molar refractivity (Wildman–Crippen MR) is 112 cm³/mol. The van der Waals surface area contributed by atoms with Crippen LogP contribution in [0.1, 0.15) is 54.4 Å². The van der Waals surface area contributed by atoms with Crippen LogP contribution >= 0.6 is 0 Å². The Bertz CT molecular complexity index is 408. The first kappa shape index (κ1) is 21.6. The molecule has 0 heterocycles. The van der Waals surface area contributed by atoms with Crippen LogP contribution in [0.2, 0.25) is 24.2 Å². The Balaban J connectivity index is 3.12. The van der Waals surface area contributed by atoms with Gasteiger partial charge in [0.05, 0.1) is 0 Å². The maximum Gasteiger partial charge on any atom is 0.223 e. The molecule has 0 bridgehead atoms. The summed E-state index contributed by atoms with van der Waals surface area (Å²) >= 11 is 0. The Hall–Kier alpha value is -0.426. The molecule has 0 fully saturated rings. The van der Waals surface area contributed by atoms with E-state index in [1.807, 2.05) is 0 Å². The highest BCUT2D eigenvalue weighted by molar-refractivity contribution is 6.88. The van der Waals surface area contributed by atoms with Gasteiger partial charge in [0, 0.05) is 13.2 Å². The van der Waals surface area contributed by atoms with Gasteiger partial charge in [0.1, 0.15) is 0 Å². The van der Waals surface area contributed by atoms with Gasteiger partial charge in [0.2, 0.25) is 16.6 Å². The molecule has 0 aliphatic rings. The minimum atomic E-state index is -1.79. The SMILES string of the molecule is CCCO[Si](CC)(CC)c1ccc([Si](CC)(CC)OCCC)cc1. The lowest BCUT2D eigenvalue weighted by atomic mass is 10.4. The molecule has 1 rings (SSSR count). The van der Waals surface area contributed by atoms with Gasteiger partial charge < -0.3 is 8.85 Å². The summed E-state index contributed by atoms with van der Waals surface area (Å²) in [7, 11) is -3.59. The molecular formula is C20H38O2Si2. The lowest BCUT2D eigenvalue weighted by molar-refractivity contribution is 0.307. The fourth-order valence-electron chi connectivity index (χ4n) is 3.56. The maximum absolute atomic E-state index is 6.43. The summed E-state index contributed by atoms with van der Waals surface area (Å²) < 4.78 is 12.9. The van der Waals surface area contributed by atoms with Crippen LogP contribution in [0.4, 0.5) is 0 Å². The standard InChI is InChI=1S/C20H38O2Si2/c1-7-17-21-23(9-3,10-4)19-13-15-20(16-14-19)24(11-5,12-6)22-18-8-2/h13-16H,7-12,17-18H2,1-6H3. The summed E-state index contributed by atoms with van der Waals surface area (Å²) in [6.45, 7) is 15.3. The molecular weight excluding hydrogens is 328 g/mol. The van der Waals surface area contributed by atoms with Crippen molar-refractivity contribution in [3.05, 3.63) is 24.3 Å². The first-order chi connectivity index (χ1) is 11.6. The zero-order valence-electron chi connectivity index (χ0n) is 16.8. The van der Waals surface area contributed by atoms with Crippen LogP contribution in [-0.2, 0) is 8.85 Å². The van der Waals surface area contributed by atoms with Crippen molar-refractivity contribution in [2.45, 2.75) is 78.6 Å². The van der Waals surface area contributed by atoms with E-state index in [0.717, 1.165) is 50.2 Å².